The minimum atomic E-state index is -0.540. The van der Waals surface area contributed by atoms with Gasteiger partial charge in [0, 0.05) is 10.7 Å². The Hall–Kier alpha value is -0.610. The number of anilines is 1. The summed E-state index contributed by atoms with van der Waals surface area (Å²) in [7, 11) is 0. The van der Waals surface area contributed by atoms with Gasteiger partial charge in [-0.15, -0.1) is 0 Å². The lowest BCUT2D eigenvalue weighted by Crippen LogP contribution is -2.65. The van der Waals surface area contributed by atoms with Gasteiger partial charge >= 0.3 is 0 Å². The molecule has 0 bridgehead atoms. The fourth-order valence-corrected chi connectivity index (χ4v) is 2.44. The first-order valence-electron chi connectivity index (χ1n) is 5.52. The van der Waals surface area contributed by atoms with E-state index in [1.54, 1.807) is 6.20 Å². The van der Waals surface area contributed by atoms with Crippen molar-refractivity contribution in [3.63, 3.8) is 0 Å². The average Bonchev–Trinajstić information content (AvgIpc) is 2.13. The van der Waals surface area contributed by atoms with Crippen LogP contribution in [0.4, 0.5) is 5.82 Å². The lowest BCUT2D eigenvalue weighted by atomic mass is 9.83. The second-order valence-corrected chi connectivity index (χ2v) is 5.82. The molecule has 0 radical (unpaired) electrons. The lowest BCUT2D eigenvalue weighted by Gasteiger charge is -2.50. The van der Waals surface area contributed by atoms with E-state index in [1.165, 1.54) is 0 Å². The van der Waals surface area contributed by atoms with E-state index in [0.717, 1.165) is 15.9 Å². The molecule has 0 unspecified atom stereocenters. The highest BCUT2D eigenvalue weighted by atomic mass is 79.9. The summed E-state index contributed by atoms with van der Waals surface area (Å²) in [6, 6.07) is 2.05. The van der Waals surface area contributed by atoms with E-state index in [-0.39, 0.29) is 0 Å². The minimum Gasteiger partial charge on any atom is -0.386 e. The summed E-state index contributed by atoms with van der Waals surface area (Å²) in [6.07, 6.45) is 1.80. The SMILES string of the molecule is Cc1cc(Br)cnc1N1CC(O)(C(C)C)C1. The molecule has 88 valence electrons. The number of rotatable bonds is 2. The van der Waals surface area contributed by atoms with Crippen molar-refractivity contribution in [2.24, 2.45) is 5.92 Å². The second kappa shape index (κ2) is 4.00. The van der Waals surface area contributed by atoms with Crippen molar-refractivity contribution < 1.29 is 5.11 Å². The Balaban J connectivity index is 2.12. The van der Waals surface area contributed by atoms with E-state index >= 15 is 0 Å². The van der Waals surface area contributed by atoms with Gasteiger partial charge in [0.1, 0.15) is 11.4 Å². The van der Waals surface area contributed by atoms with Crippen LogP contribution >= 0.6 is 15.9 Å². The van der Waals surface area contributed by atoms with Crippen LogP contribution in [0.3, 0.4) is 0 Å². The van der Waals surface area contributed by atoms with Gasteiger partial charge in [-0.2, -0.15) is 0 Å². The maximum absolute atomic E-state index is 10.2. The molecule has 0 aliphatic carbocycles. The van der Waals surface area contributed by atoms with Gasteiger partial charge in [-0.1, -0.05) is 13.8 Å². The molecule has 0 atom stereocenters. The first-order valence-corrected chi connectivity index (χ1v) is 6.31. The molecule has 0 amide bonds. The third-order valence-electron chi connectivity index (χ3n) is 3.32. The van der Waals surface area contributed by atoms with Crippen LogP contribution in [-0.2, 0) is 0 Å². The van der Waals surface area contributed by atoms with Gasteiger partial charge < -0.3 is 10.0 Å². The molecular formula is C12H17BrN2O. The molecule has 1 saturated heterocycles. The topological polar surface area (TPSA) is 36.4 Å². The highest BCUT2D eigenvalue weighted by Crippen LogP contribution is 2.33. The van der Waals surface area contributed by atoms with Crippen LogP contribution in [0.25, 0.3) is 0 Å². The molecule has 0 spiro atoms. The van der Waals surface area contributed by atoms with Gasteiger partial charge in [-0.05, 0) is 40.4 Å². The molecule has 3 nitrogen and oxygen atoms in total. The number of hydrogen-bond acceptors (Lipinski definition) is 3. The smallest absolute Gasteiger partial charge is 0.131 e. The van der Waals surface area contributed by atoms with E-state index in [2.05, 4.69) is 45.7 Å². The Labute approximate surface area is 105 Å². The molecule has 2 heterocycles. The lowest BCUT2D eigenvalue weighted by molar-refractivity contribution is -0.0305. The summed E-state index contributed by atoms with van der Waals surface area (Å²) >= 11 is 3.40. The van der Waals surface area contributed by atoms with Crippen molar-refractivity contribution in [2.45, 2.75) is 26.4 Å². The number of halogens is 1. The number of β-amino-alcohol motifs (C(OH)–C–C–N with tert-alkyl or cyclic N) is 1. The van der Waals surface area contributed by atoms with Crippen molar-refractivity contribution in [3.8, 4) is 0 Å². The number of aryl methyl sites for hydroxylation is 1. The maximum Gasteiger partial charge on any atom is 0.131 e. The Bertz CT molecular complexity index is 400. The Kier molecular flexibility index (Phi) is 2.97. The molecule has 1 aliphatic heterocycles. The van der Waals surface area contributed by atoms with Crippen LogP contribution in [0.15, 0.2) is 16.7 Å². The summed E-state index contributed by atoms with van der Waals surface area (Å²) in [4.78, 5) is 6.52. The van der Waals surface area contributed by atoms with Crippen molar-refractivity contribution in [3.05, 3.63) is 22.3 Å². The zero-order valence-electron chi connectivity index (χ0n) is 9.87. The Morgan fingerprint density at radius 2 is 2.12 bits per heavy atom. The third kappa shape index (κ3) is 1.96. The van der Waals surface area contributed by atoms with Crippen molar-refractivity contribution in [1.29, 1.82) is 0 Å². The highest BCUT2D eigenvalue weighted by molar-refractivity contribution is 9.10. The zero-order chi connectivity index (χ0) is 11.9. The molecule has 0 aromatic carbocycles. The summed E-state index contributed by atoms with van der Waals surface area (Å²) in [5.41, 5.74) is 0.599. The van der Waals surface area contributed by atoms with Crippen LogP contribution in [-0.4, -0.2) is 28.8 Å². The van der Waals surface area contributed by atoms with Gasteiger partial charge in [0.25, 0.3) is 0 Å². The average molecular weight is 285 g/mol. The summed E-state index contributed by atoms with van der Waals surface area (Å²) in [5, 5.41) is 10.2. The predicted molar refractivity (Wildman–Crippen MR) is 68.7 cm³/mol. The summed E-state index contributed by atoms with van der Waals surface area (Å²) in [6.45, 7) is 7.51. The van der Waals surface area contributed by atoms with Gasteiger partial charge in [-0.3, -0.25) is 0 Å². The fraction of sp³-hybridized carbons (Fsp3) is 0.583. The Morgan fingerprint density at radius 1 is 1.50 bits per heavy atom. The molecule has 1 aromatic rings. The first-order chi connectivity index (χ1) is 7.42. The number of pyridine rings is 1. The van der Waals surface area contributed by atoms with E-state index < -0.39 is 5.60 Å². The van der Waals surface area contributed by atoms with Gasteiger partial charge in [0.2, 0.25) is 0 Å². The molecule has 1 N–H and O–H groups in total. The maximum atomic E-state index is 10.2. The normalized spacial score (nSPS) is 18.8. The van der Waals surface area contributed by atoms with Gasteiger partial charge in [0.15, 0.2) is 0 Å². The van der Waals surface area contributed by atoms with Crippen molar-refractivity contribution in [1.82, 2.24) is 4.98 Å². The molecule has 4 heteroatoms. The van der Waals surface area contributed by atoms with Gasteiger partial charge in [0.05, 0.1) is 13.1 Å². The van der Waals surface area contributed by atoms with E-state index in [9.17, 15) is 5.11 Å². The molecule has 1 fully saturated rings. The van der Waals surface area contributed by atoms with Crippen molar-refractivity contribution in [2.75, 3.05) is 18.0 Å². The zero-order valence-corrected chi connectivity index (χ0v) is 11.5. The predicted octanol–water partition coefficient (Wildman–Crippen LogP) is 2.36. The minimum absolute atomic E-state index is 0.291. The molecular weight excluding hydrogens is 268 g/mol. The van der Waals surface area contributed by atoms with E-state index in [0.29, 0.717) is 19.0 Å². The van der Waals surface area contributed by atoms with E-state index in [4.69, 9.17) is 0 Å². The number of aromatic nitrogens is 1. The molecule has 16 heavy (non-hydrogen) atoms. The van der Waals surface area contributed by atoms with Crippen molar-refractivity contribution >= 4 is 21.7 Å². The first kappa shape index (κ1) is 11.9. The number of aliphatic hydroxyl groups is 1. The molecule has 0 saturated carbocycles. The Morgan fingerprint density at radius 3 is 2.62 bits per heavy atom. The van der Waals surface area contributed by atoms with E-state index in [1.807, 2.05) is 6.92 Å². The van der Waals surface area contributed by atoms with Crippen LogP contribution in [0, 0.1) is 12.8 Å². The fourth-order valence-electron chi connectivity index (χ4n) is 1.99. The highest BCUT2D eigenvalue weighted by Gasteiger charge is 2.44. The molecule has 1 aliphatic rings. The van der Waals surface area contributed by atoms with Gasteiger partial charge in [-0.25, -0.2) is 4.98 Å². The second-order valence-electron chi connectivity index (χ2n) is 4.91. The van der Waals surface area contributed by atoms with Crippen LogP contribution in [0.5, 0.6) is 0 Å². The molecule has 1 aromatic heterocycles. The van der Waals surface area contributed by atoms with Crippen LogP contribution in [0.2, 0.25) is 0 Å². The number of hydrogen-bond donors (Lipinski definition) is 1. The summed E-state index contributed by atoms with van der Waals surface area (Å²) in [5.74, 6) is 1.27. The monoisotopic (exact) mass is 284 g/mol. The quantitative estimate of drug-likeness (QED) is 0.906. The van der Waals surface area contributed by atoms with Crippen LogP contribution in [0.1, 0.15) is 19.4 Å². The third-order valence-corrected chi connectivity index (χ3v) is 3.75. The van der Waals surface area contributed by atoms with Crippen LogP contribution < -0.4 is 4.90 Å². The summed E-state index contributed by atoms with van der Waals surface area (Å²) < 4.78 is 0.994. The largest absolute Gasteiger partial charge is 0.386 e. The molecule has 2 rings (SSSR count). The standard InChI is InChI=1S/C12H17BrN2O/c1-8(2)12(16)6-15(7-12)11-9(3)4-10(13)5-14-11/h4-5,8,16H,6-7H2,1-3H3. The number of nitrogens with zero attached hydrogens (tertiary/aromatic N) is 2.